The molecular weight excluding hydrogens is 430 g/mol. The van der Waals surface area contributed by atoms with Crippen molar-refractivity contribution in [3.05, 3.63) is 94.5 Å². The van der Waals surface area contributed by atoms with Crippen LogP contribution < -0.4 is 0 Å². The summed E-state index contributed by atoms with van der Waals surface area (Å²) in [6.07, 6.45) is 0.453. The first-order valence-electron chi connectivity index (χ1n) is 12.0. The maximum atomic E-state index is 13.1. The Labute approximate surface area is 201 Å². The summed E-state index contributed by atoms with van der Waals surface area (Å²) >= 11 is 0. The van der Waals surface area contributed by atoms with Crippen LogP contribution in [0.1, 0.15) is 73.7 Å². The van der Waals surface area contributed by atoms with Crippen LogP contribution >= 0.6 is 0 Å². The van der Waals surface area contributed by atoms with Crippen LogP contribution in [0, 0.1) is 12.8 Å². The van der Waals surface area contributed by atoms with E-state index in [2.05, 4.69) is 56.7 Å². The molecule has 0 radical (unpaired) electrons. The molecule has 0 saturated carbocycles. The van der Waals surface area contributed by atoms with Gasteiger partial charge in [0.15, 0.2) is 0 Å². The van der Waals surface area contributed by atoms with Crippen molar-refractivity contribution < 1.29 is 13.2 Å². The first-order chi connectivity index (χ1) is 16.0. The molecule has 0 amide bonds. The van der Waals surface area contributed by atoms with Gasteiger partial charge in [-0.25, -0.2) is 0 Å². The third-order valence-electron chi connectivity index (χ3n) is 6.82. The predicted molar refractivity (Wildman–Crippen MR) is 138 cm³/mol. The van der Waals surface area contributed by atoms with Crippen LogP contribution in [0.2, 0.25) is 0 Å². The monoisotopic (exact) mass is 461 g/mol. The van der Waals surface area contributed by atoms with E-state index in [0.717, 1.165) is 52.8 Å². The maximum Gasteiger partial charge on any atom is 0.416 e. The lowest BCUT2D eigenvalue weighted by molar-refractivity contribution is -0.137. The molecule has 2 aromatic rings. The van der Waals surface area contributed by atoms with Gasteiger partial charge in [-0.05, 0) is 90.4 Å². The van der Waals surface area contributed by atoms with Crippen LogP contribution in [-0.4, -0.2) is 12.6 Å². The summed E-state index contributed by atoms with van der Waals surface area (Å²) in [5.74, 6) is 3.08. The fourth-order valence-corrected chi connectivity index (χ4v) is 5.04. The molecule has 5 heteroatoms. The van der Waals surface area contributed by atoms with Crippen molar-refractivity contribution >= 4 is 23.7 Å². The van der Waals surface area contributed by atoms with E-state index in [-0.39, 0.29) is 12.7 Å². The summed E-state index contributed by atoms with van der Waals surface area (Å²) < 4.78 is 39.3. The van der Waals surface area contributed by atoms with Crippen molar-refractivity contribution in [2.45, 2.75) is 59.0 Å². The standard InChI is InChI=1S/C29H31BF3N/c1-18(2)14-27(22-8-6-21(7-9-22)19(3)4)30-17-24-16-23(10-13-28(24)34-30)26-12-11-25(15-20(26)5)29(31,32)33/h6-9,11-12,15-18,27H,3,10,13-14H2,1-2,4-5H3. The van der Waals surface area contributed by atoms with E-state index in [4.69, 9.17) is 4.90 Å². The fourth-order valence-electron chi connectivity index (χ4n) is 5.04. The first-order valence-corrected chi connectivity index (χ1v) is 12.0. The molecule has 34 heavy (non-hydrogen) atoms. The van der Waals surface area contributed by atoms with Crippen molar-refractivity contribution in [3.63, 3.8) is 0 Å². The maximum absolute atomic E-state index is 13.1. The molecule has 1 aliphatic heterocycles. The van der Waals surface area contributed by atoms with Crippen LogP contribution in [0.5, 0.6) is 0 Å². The Balaban J connectivity index is 1.63. The van der Waals surface area contributed by atoms with Crippen LogP contribution in [0.15, 0.2) is 71.6 Å². The third kappa shape index (κ3) is 5.14. The Morgan fingerprint density at radius 2 is 1.79 bits per heavy atom. The lowest BCUT2D eigenvalue weighted by atomic mass is 9.48. The largest absolute Gasteiger partial charge is 0.416 e. The molecule has 1 unspecified atom stereocenters. The number of halogens is 3. The van der Waals surface area contributed by atoms with Gasteiger partial charge in [-0.15, -0.1) is 0 Å². The van der Waals surface area contributed by atoms with Crippen molar-refractivity contribution in [2.75, 3.05) is 0 Å². The van der Waals surface area contributed by atoms with E-state index in [0.29, 0.717) is 11.5 Å². The molecule has 1 heterocycles. The molecule has 0 N–H and O–H groups in total. The van der Waals surface area contributed by atoms with Crippen LogP contribution in [0.25, 0.3) is 11.1 Å². The van der Waals surface area contributed by atoms with Crippen molar-refractivity contribution in [3.8, 4) is 0 Å². The summed E-state index contributed by atoms with van der Waals surface area (Å²) in [5, 5.41) is 0. The molecule has 0 aromatic heterocycles. The molecule has 1 atom stereocenters. The fraction of sp³-hybridized carbons (Fsp3) is 0.345. The second-order valence-electron chi connectivity index (χ2n) is 10.0. The van der Waals surface area contributed by atoms with Crippen LogP contribution in [0.3, 0.4) is 0 Å². The van der Waals surface area contributed by atoms with Gasteiger partial charge >= 0.3 is 13.0 Å². The van der Waals surface area contributed by atoms with E-state index in [1.165, 1.54) is 17.7 Å². The molecule has 176 valence electrons. The highest BCUT2D eigenvalue weighted by Crippen LogP contribution is 2.38. The van der Waals surface area contributed by atoms with E-state index < -0.39 is 11.7 Å². The van der Waals surface area contributed by atoms with Crippen LogP contribution in [-0.2, 0) is 6.18 Å². The second-order valence-corrected chi connectivity index (χ2v) is 10.0. The number of nitrogens with zero attached hydrogens (tertiary/aromatic N) is 1. The highest BCUT2D eigenvalue weighted by atomic mass is 19.4. The molecule has 0 spiro atoms. The van der Waals surface area contributed by atoms with E-state index in [1.807, 2.05) is 6.92 Å². The van der Waals surface area contributed by atoms with Gasteiger partial charge in [0.1, 0.15) is 0 Å². The van der Waals surface area contributed by atoms with E-state index in [9.17, 15) is 13.2 Å². The molecule has 2 aromatic carbocycles. The number of rotatable bonds is 6. The first kappa shape index (κ1) is 24.3. The number of alkyl halides is 3. The summed E-state index contributed by atoms with van der Waals surface area (Å²) in [7, 11) is 0. The summed E-state index contributed by atoms with van der Waals surface area (Å²) in [4.78, 5) is 5.11. The number of aryl methyl sites for hydroxylation is 1. The Kier molecular flexibility index (Phi) is 6.75. The van der Waals surface area contributed by atoms with Crippen LogP contribution in [0.4, 0.5) is 13.2 Å². The number of fused-ring (bicyclic) bond motifs is 1. The van der Waals surface area contributed by atoms with Gasteiger partial charge in [0.25, 0.3) is 0 Å². The number of benzene rings is 2. The van der Waals surface area contributed by atoms with E-state index >= 15 is 0 Å². The molecule has 2 aliphatic rings. The average molecular weight is 461 g/mol. The normalized spacial score (nSPS) is 16.7. The minimum Gasteiger partial charge on any atom is -0.339 e. The average Bonchev–Trinajstić information content (AvgIpc) is 3.19. The van der Waals surface area contributed by atoms with Gasteiger partial charge in [-0.3, -0.25) is 0 Å². The molecule has 1 aliphatic carbocycles. The van der Waals surface area contributed by atoms with Gasteiger partial charge in [0.2, 0.25) is 0 Å². The minimum absolute atomic E-state index is 0.0763. The highest BCUT2D eigenvalue weighted by molar-refractivity contribution is 6.68. The van der Waals surface area contributed by atoms with E-state index in [1.54, 1.807) is 13.0 Å². The third-order valence-corrected chi connectivity index (χ3v) is 6.82. The molecule has 0 saturated heterocycles. The van der Waals surface area contributed by atoms with Gasteiger partial charge in [0, 0.05) is 5.71 Å². The van der Waals surface area contributed by atoms with Crippen molar-refractivity contribution in [1.29, 1.82) is 0 Å². The molecule has 0 fully saturated rings. The highest BCUT2D eigenvalue weighted by Gasteiger charge is 2.34. The zero-order valence-electron chi connectivity index (χ0n) is 20.3. The Hall–Kier alpha value is -2.82. The minimum atomic E-state index is -4.32. The molecule has 4 rings (SSSR count). The second kappa shape index (κ2) is 9.44. The Bertz CT molecular complexity index is 1180. The zero-order valence-corrected chi connectivity index (χ0v) is 20.3. The van der Waals surface area contributed by atoms with Gasteiger partial charge < -0.3 is 4.90 Å². The quantitative estimate of drug-likeness (QED) is 0.383. The number of allylic oxidation sites excluding steroid dienone is 4. The van der Waals surface area contributed by atoms with Gasteiger partial charge in [-0.2, -0.15) is 13.2 Å². The SMILES string of the molecule is C=C(C)c1ccc(C(CC(C)C)B2C=C3C=C(c4ccc(C(F)(F)F)cc4C)CCC3=N2)cc1. The molecule has 0 bridgehead atoms. The topological polar surface area (TPSA) is 12.4 Å². The Morgan fingerprint density at radius 3 is 2.38 bits per heavy atom. The molecule has 1 nitrogen and oxygen atoms in total. The summed E-state index contributed by atoms with van der Waals surface area (Å²) in [5.41, 5.74) is 7.77. The Morgan fingerprint density at radius 1 is 1.09 bits per heavy atom. The van der Waals surface area contributed by atoms with Gasteiger partial charge in [-0.1, -0.05) is 68.4 Å². The number of hydrogen-bond donors (Lipinski definition) is 0. The number of hydrogen-bond acceptors (Lipinski definition) is 1. The zero-order chi connectivity index (χ0) is 24.6. The lowest BCUT2D eigenvalue weighted by Crippen LogP contribution is -2.21. The summed E-state index contributed by atoms with van der Waals surface area (Å²) in [6.45, 7) is 12.4. The summed E-state index contributed by atoms with van der Waals surface area (Å²) in [6, 6.07) is 12.7. The predicted octanol–water partition coefficient (Wildman–Crippen LogP) is 8.50. The molecular formula is C29H31BF3N. The smallest absolute Gasteiger partial charge is 0.339 e. The van der Waals surface area contributed by atoms with Crippen molar-refractivity contribution in [2.24, 2.45) is 10.8 Å². The van der Waals surface area contributed by atoms with Gasteiger partial charge in [0.05, 0.1) is 5.56 Å². The van der Waals surface area contributed by atoms with Crippen molar-refractivity contribution in [1.82, 2.24) is 0 Å². The lowest BCUT2D eigenvalue weighted by Gasteiger charge is -2.21.